The molecule has 1 aromatic carbocycles. The van der Waals surface area contributed by atoms with E-state index in [9.17, 15) is 9.90 Å². The largest absolute Gasteiger partial charge is 0.507 e. The molecule has 33 heavy (non-hydrogen) atoms. The highest BCUT2D eigenvalue weighted by atomic mass is 16.5. The zero-order valence-electron chi connectivity index (χ0n) is 19.2. The van der Waals surface area contributed by atoms with Gasteiger partial charge in [-0.2, -0.15) is 0 Å². The highest BCUT2D eigenvalue weighted by Gasteiger charge is 2.45. The number of anilines is 2. The zero-order valence-corrected chi connectivity index (χ0v) is 19.2. The van der Waals surface area contributed by atoms with Crippen molar-refractivity contribution in [3.63, 3.8) is 0 Å². The Morgan fingerprint density at radius 3 is 2.67 bits per heavy atom. The van der Waals surface area contributed by atoms with Crippen molar-refractivity contribution in [2.24, 2.45) is 0 Å². The van der Waals surface area contributed by atoms with Crippen molar-refractivity contribution in [3.8, 4) is 17.0 Å². The number of carbonyl (C=O) groups is 1. The maximum atomic E-state index is 13.4. The lowest BCUT2D eigenvalue weighted by molar-refractivity contribution is -0.146. The summed E-state index contributed by atoms with van der Waals surface area (Å²) in [6.45, 7) is 6.77. The standard InChI is InChI=1S/C24H32N6O3/c1-24(2)9-10-33-21(12-26-24)23(32)30-15-7-8-16(30)14-29(13-15)19-11-18(27-28-22(19)25)17-5-3-4-6-20(17)31/h3-6,11,15-16,21,26,31H,7-10,12-14H2,1-2H3,(H2,25,28)/t15?,16?,21-/m1/s1. The Kier molecular flexibility index (Phi) is 5.62. The number of aromatic nitrogens is 2. The molecule has 1 amide bonds. The number of fused-ring (bicyclic) bond motifs is 2. The number of hydrogen-bond acceptors (Lipinski definition) is 8. The molecule has 2 bridgehead atoms. The van der Waals surface area contributed by atoms with Gasteiger partial charge in [-0.15, -0.1) is 10.2 Å². The van der Waals surface area contributed by atoms with E-state index in [1.54, 1.807) is 12.1 Å². The van der Waals surface area contributed by atoms with Crippen LogP contribution >= 0.6 is 0 Å². The van der Waals surface area contributed by atoms with Gasteiger partial charge in [0.25, 0.3) is 5.91 Å². The van der Waals surface area contributed by atoms with Crippen LogP contribution in [0.5, 0.6) is 5.75 Å². The summed E-state index contributed by atoms with van der Waals surface area (Å²) in [5.41, 5.74) is 8.17. The minimum Gasteiger partial charge on any atom is -0.507 e. The fraction of sp³-hybridized carbons (Fsp3) is 0.542. The molecule has 4 heterocycles. The number of para-hydroxylation sites is 1. The van der Waals surface area contributed by atoms with Crippen molar-refractivity contribution in [3.05, 3.63) is 30.3 Å². The van der Waals surface area contributed by atoms with Crippen LogP contribution in [0.3, 0.4) is 0 Å². The molecule has 3 saturated heterocycles. The molecular weight excluding hydrogens is 420 g/mol. The average molecular weight is 453 g/mol. The molecule has 2 unspecified atom stereocenters. The number of nitrogens with one attached hydrogen (secondary N) is 1. The summed E-state index contributed by atoms with van der Waals surface area (Å²) in [5, 5.41) is 22.1. The molecule has 1 aromatic heterocycles. The SMILES string of the molecule is CC1(C)CCO[C@@H](C(=O)N2C3CCC2CN(c2cc(-c4ccccc4O)nnc2N)C3)CN1. The number of nitrogens with zero attached hydrogens (tertiary/aromatic N) is 4. The van der Waals surface area contributed by atoms with E-state index in [1.165, 1.54) is 0 Å². The van der Waals surface area contributed by atoms with Gasteiger partial charge in [0.1, 0.15) is 11.9 Å². The number of carbonyl (C=O) groups excluding carboxylic acids is 1. The number of ether oxygens (including phenoxy) is 1. The Bertz CT molecular complexity index is 1030. The van der Waals surface area contributed by atoms with E-state index in [-0.39, 0.29) is 29.3 Å². The highest BCUT2D eigenvalue weighted by Crippen LogP contribution is 2.37. The lowest BCUT2D eigenvalue weighted by Gasteiger charge is -2.43. The van der Waals surface area contributed by atoms with Crippen molar-refractivity contribution in [2.45, 2.75) is 56.8 Å². The summed E-state index contributed by atoms with van der Waals surface area (Å²) in [6.07, 6.45) is 2.36. The molecule has 0 saturated carbocycles. The van der Waals surface area contributed by atoms with Crippen LogP contribution in [0.15, 0.2) is 30.3 Å². The van der Waals surface area contributed by atoms with Gasteiger partial charge in [0.2, 0.25) is 0 Å². The molecule has 3 aliphatic rings. The number of rotatable bonds is 3. The van der Waals surface area contributed by atoms with Crippen LogP contribution in [0.2, 0.25) is 0 Å². The fourth-order valence-electron chi connectivity index (χ4n) is 5.22. The molecule has 5 rings (SSSR count). The molecule has 3 aliphatic heterocycles. The maximum absolute atomic E-state index is 13.4. The summed E-state index contributed by atoms with van der Waals surface area (Å²) in [4.78, 5) is 17.7. The Balaban J connectivity index is 1.34. The van der Waals surface area contributed by atoms with E-state index >= 15 is 0 Å². The average Bonchev–Trinajstić information content (AvgIpc) is 2.94. The molecule has 4 N–H and O–H groups in total. The van der Waals surface area contributed by atoms with Gasteiger partial charge >= 0.3 is 0 Å². The van der Waals surface area contributed by atoms with Crippen molar-refractivity contribution in [2.75, 3.05) is 36.9 Å². The number of piperazine rings is 1. The summed E-state index contributed by atoms with van der Waals surface area (Å²) in [6, 6.07) is 9.16. The van der Waals surface area contributed by atoms with Gasteiger partial charge in [-0.3, -0.25) is 4.79 Å². The van der Waals surface area contributed by atoms with Crippen LogP contribution in [0, 0.1) is 0 Å². The quantitative estimate of drug-likeness (QED) is 0.645. The monoisotopic (exact) mass is 452 g/mol. The number of nitrogen functional groups attached to an aromatic ring is 1. The van der Waals surface area contributed by atoms with Gasteiger partial charge in [-0.25, -0.2) is 0 Å². The first kappa shape index (κ1) is 21.9. The summed E-state index contributed by atoms with van der Waals surface area (Å²) in [7, 11) is 0. The van der Waals surface area contributed by atoms with Crippen molar-refractivity contribution in [1.29, 1.82) is 0 Å². The van der Waals surface area contributed by atoms with E-state index < -0.39 is 6.10 Å². The van der Waals surface area contributed by atoms with Crippen molar-refractivity contribution >= 4 is 17.4 Å². The summed E-state index contributed by atoms with van der Waals surface area (Å²) < 4.78 is 5.96. The van der Waals surface area contributed by atoms with Gasteiger partial charge in [0.05, 0.1) is 11.4 Å². The minimum atomic E-state index is -0.443. The number of nitrogens with two attached hydrogens (primary N) is 1. The Morgan fingerprint density at radius 1 is 1.21 bits per heavy atom. The van der Waals surface area contributed by atoms with E-state index in [0.717, 1.165) is 24.9 Å². The Morgan fingerprint density at radius 2 is 1.94 bits per heavy atom. The van der Waals surface area contributed by atoms with Crippen LogP contribution < -0.4 is 16.0 Å². The third kappa shape index (κ3) is 4.22. The molecule has 2 aromatic rings. The molecule has 3 fully saturated rings. The Hall–Kier alpha value is -2.91. The second-order valence-electron chi connectivity index (χ2n) is 9.93. The summed E-state index contributed by atoms with van der Waals surface area (Å²) in [5.74, 6) is 0.591. The van der Waals surface area contributed by atoms with Crippen LogP contribution in [0.1, 0.15) is 33.1 Å². The van der Waals surface area contributed by atoms with Gasteiger partial charge in [0, 0.05) is 49.4 Å². The topological polar surface area (TPSA) is 117 Å². The van der Waals surface area contributed by atoms with Gasteiger partial charge in [-0.1, -0.05) is 12.1 Å². The normalized spacial score (nSPS) is 26.8. The molecule has 0 radical (unpaired) electrons. The third-order valence-corrected chi connectivity index (χ3v) is 7.15. The van der Waals surface area contributed by atoms with Crippen molar-refractivity contribution in [1.82, 2.24) is 20.4 Å². The van der Waals surface area contributed by atoms with Gasteiger partial charge in [-0.05, 0) is 51.3 Å². The highest BCUT2D eigenvalue weighted by molar-refractivity contribution is 5.83. The second kappa shape index (κ2) is 8.46. The van der Waals surface area contributed by atoms with Gasteiger partial charge < -0.3 is 30.7 Å². The van der Waals surface area contributed by atoms with E-state index in [0.29, 0.717) is 43.3 Å². The second-order valence-corrected chi connectivity index (χ2v) is 9.93. The number of phenolic OH excluding ortho intramolecular Hbond substituents is 1. The molecule has 0 spiro atoms. The van der Waals surface area contributed by atoms with Gasteiger partial charge in [0.15, 0.2) is 5.82 Å². The lowest BCUT2D eigenvalue weighted by atomic mass is 10.0. The van der Waals surface area contributed by atoms with E-state index in [2.05, 4.69) is 39.2 Å². The predicted octanol–water partition coefficient (Wildman–Crippen LogP) is 1.77. The smallest absolute Gasteiger partial charge is 0.253 e. The first-order valence-electron chi connectivity index (χ1n) is 11.7. The maximum Gasteiger partial charge on any atom is 0.253 e. The van der Waals surface area contributed by atoms with Crippen LogP contribution in [0.4, 0.5) is 11.5 Å². The number of benzene rings is 1. The first-order valence-corrected chi connectivity index (χ1v) is 11.7. The third-order valence-electron chi connectivity index (χ3n) is 7.15. The first-order chi connectivity index (χ1) is 15.8. The molecule has 3 atom stereocenters. The summed E-state index contributed by atoms with van der Waals surface area (Å²) >= 11 is 0. The molecule has 9 heteroatoms. The molecule has 0 aliphatic carbocycles. The molecular formula is C24H32N6O3. The predicted molar refractivity (Wildman–Crippen MR) is 126 cm³/mol. The molecule has 176 valence electrons. The number of phenols is 1. The lowest BCUT2D eigenvalue weighted by Crippen LogP contribution is -2.59. The van der Waals surface area contributed by atoms with Crippen LogP contribution in [-0.4, -0.2) is 76.1 Å². The number of hydrogen-bond donors (Lipinski definition) is 3. The zero-order chi connectivity index (χ0) is 23.2. The van der Waals surface area contributed by atoms with Crippen LogP contribution in [-0.2, 0) is 9.53 Å². The molecule has 9 nitrogen and oxygen atoms in total. The fourth-order valence-corrected chi connectivity index (χ4v) is 5.22. The number of aromatic hydroxyl groups is 1. The van der Waals surface area contributed by atoms with Crippen LogP contribution in [0.25, 0.3) is 11.3 Å². The van der Waals surface area contributed by atoms with E-state index in [4.69, 9.17) is 10.5 Å². The van der Waals surface area contributed by atoms with Crippen molar-refractivity contribution < 1.29 is 14.6 Å². The Labute approximate surface area is 193 Å². The number of amides is 1. The van der Waals surface area contributed by atoms with E-state index in [1.807, 2.05) is 18.2 Å². The minimum absolute atomic E-state index is 0.0243.